The number of para-hydroxylation sites is 1. The molecule has 0 spiro atoms. The molecule has 8 nitrogen and oxygen atoms in total. The van der Waals surface area contributed by atoms with Crippen molar-refractivity contribution in [1.82, 2.24) is 10.2 Å². The number of rotatable bonds is 13. The zero-order valence-electron chi connectivity index (χ0n) is 25.0. The van der Waals surface area contributed by atoms with Crippen LogP contribution in [0.15, 0.2) is 77.7 Å². The first kappa shape index (κ1) is 33.6. The van der Waals surface area contributed by atoms with Gasteiger partial charge in [-0.2, -0.15) is 0 Å². The van der Waals surface area contributed by atoms with Gasteiger partial charge >= 0.3 is 0 Å². The topological polar surface area (TPSA) is 96.0 Å². The van der Waals surface area contributed by atoms with Crippen molar-refractivity contribution < 1.29 is 22.7 Å². The highest BCUT2D eigenvalue weighted by Gasteiger charge is 2.34. The molecule has 2 amide bonds. The molecule has 236 valence electrons. The average molecular weight is 661 g/mol. The minimum atomic E-state index is -4.18. The van der Waals surface area contributed by atoms with E-state index in [1.807, 2.05) is 13.8 Å². The lowest BCUT2D eigenvalue weighted by Crippen LogP contribution is -2.54. The summed E-state index contributed by atoms with van der Waals surface area (Å²) in [5, 5.41) is 3.83. The summed E-state index contributed by atoms with van der Waals surface area (Å²) in [4.78, 5) is 29.4. The summed E-state index contributed by atoms with van der Waals surface area (Å²) in [6, 6.07) is 18.8. The van der Waals surface area contributed by atoms with Crippen molar-refractivity contribution in [2.45, 2.75) is 75.9 Å². The molecule has 11 heteroatoms. The maximum Gasteiger partial charge on any atom is 0.264 e. The maximum atomic E-state index is 14.3. The molecular weight excluding hydrogens is 621 g/mol. The number of nitrogens with zero attached hydrogens (tertiary/aromatic N) is 2. The number of carbonyl (C=O) groups is 2. The van der Waals surface area contributed by atoms with Crippen molar-refractivity contribution in [3.8, 4) is 5.75 Å². The molecule has 0 heterocycles. The van der Waals surface area contributed by atoms with Crippen LogP contribution in [0.25, 0.3) is 0 Å². The Balaban J connectivity index is 1.69. The standard InChI is InChI=1S/C33H39Cl2N3O5S/c1-3-31(33(40)36-25-11-7-5-8-12-25)37(22-24-15-20-29(34)30(35)21-24)32(39)23-38(26-13-9-6-10-14-26)44(41,42)28-18-16-27(17-19-28)43-4-2/h6,9-10,13-21,25,31H,3-5,7-8,11-12,22-23H2,1-2H3,(H,36,40). The summed E-state index contributed by atoms with van der Waals surface area (Å²) in [5.74, 6) is -0.245. The number of hydrogen-bond acceptors (Lipinski definition) is 5. The third-order valence-corrected chi connectivity index (χ3v) is 10.2. The van der Waals surface area contributed by atoms with Gasteiger partial charge in [-0.05, 0) is 80.3 Å². The van der Waals surface area contributed by atoms with Gasteiger partial charge in [0.15, 0.2) is 0 Å². The predicted octanol–water partition coefficient (Wildman–Crippen LogP) is 6.84. The van der Waals surface area contributed by atoms with Crippen molar-refractivity contribution in [3.63, 3.8) is 0 Å². The van der Waals surface area contributed by atoms with Crippen LogP contribution in [-0.2, 0) is 26.2 Å². The quantitative estimate of drug-likeness (QED) is 0.217. The fourth-order valence-corrected chi connectivity index (χ4v) is 7.16. The van der Waals surface area contributed by atoms with Gasteiger partial charge in [-0.25, -0.2) is 8.42 Å². The van der Waals surface area contributed by atoms with Crippen LogP contribution in [0.2, 0.25) is 10.0 Å². The smallest absolute Gasteiger partial charge is 0.264 e. The normalized spacial score (nSPS) is 14.5. The molecule has 1 aliphatic rings. The molecule has 1 atom stereocenters. The van der Waals surface area contributed by atoms with E-state index in [4.69, 9.17) is 27.9 Å². The van der Waals surface area contributed by atoms with Crippen LogP contribution < -0.4 is 14.4 Å². The largest absolute Gasteiger partial charge is 0.494 e. The SMILES string of the molecule is CCOc1ccc(S(=O)(=O)N(CC(=O)N(Cc2ccc(Cl)c(Cl)c2)C(CC)C(=O)NC2CCCCC2)c2ccccc2)cc1. The molecule has 0 radical (unpaired) electrons. The Hall–Kier alpha value is -3.27. The number of halogens is 2. The lowest BCUT2D eigenvalue weighted by Gasteiger charge is -2.34. The van der Waals surface area contributed by atoms with E-state index in [9.17, 15) is 18.0 Å². The first-order valence-electron chi connectivity index (χ1n) is 15.0. The van der Waals surface area contributed by atoms with Gasteiger partial charge in [0.05, 0.1) is 27.2 Å². The van der Waals surface area contributed by atoms with Gasteiger partial charge in [0.2, 0.25) is 11.8 Å². The molecule has 1 saturated carbocycles. The van der Waals surface area contributed by atoms with E-state index < -0.39 is 28.5 Å². The number of nitrogens with one attached hydrogen (secondary N) is 1. The monoisotopic (exact) mass is 659 g/mol. The van der Waals surface area contributed by atoms with Gasteiger partial charge in [-0.3, -0.25) is 13.9 Å². The van der Waals surface area contributed by atoms with Crippen LogP contribution in [-0.4, -0.2) is 50.4 Å². The molecule has 1 aliphatic carbocycles. The molecule has 3 aromatic carbocycles. The average Bonchev–Trinajstić information content (AvgIpc) is 3.02. The van der Waals surface area contributed by atoms with E-state index in [-0.39, 0.29) is 23.4 Å². The first-order valence-corrected chi connectivity index (χ1v) is 17.2. The van der Waals surface area contributed by atoms with Gasteiger partial charge in [0.25, 0.3) is 10.0 Å². The van der Waals surface area contributed by atoms with Crippen LogP contribution in [0, 0.1) is 0 Å². The summed E-state index contributed by atoms with van der Waals surface area (Å²) in [6.07, 6.45) is 5.36. The van der Waals surface area contributed by atoms with Crippen molar-refractivity contribution in [2.75, 3.05) is 17.5 Å². The Bertz CT molecular complexity index is 1510. The van der Waals surface area contributed by atoms with Gasteiger partial charge in [0.1, 0.15) is 18.3 Å². The van der Waals surface area contributed by atoms with Crippen molar-refractivity contribution in [3.05, 3.63) is 88.4 Å². The Morgan fingerprint density at radius 2 is 1.61 bits per heavy atom. The molecular formula is C33H39Cl2N3O5S. The van der Waals surface area contributed by atoms with Crippen molar-refractivity contribution >= 4 is 50.7 Å². The molecule has 1 unspecified atom stereocenters. The third kappa shape index (κ3) is 8.46. The second-order valence-corrected chi connectivity index (χ2v) is 13.5. The van der Waals surface area contributed by atoms with E-state index >= 15 is 0 Å². The fraction of sp³-hybridized carbons (Fsp3) is 0.394. The second kappa shape index (κ2) is 15.6. The lowest BCUT2D eigenvalue weighted by atomic mass is 9.95. The fourth-order valence-electron chi connectivity index (χ4n) is 5.42. The second-order valence-electron chi connectivity index (χ2n) is 10.8. The molecule has 0 aromatic heterocycles. The molecule has 44 heavy (non-hydrogen) atoms. The zero-order chi connectivity index (χ0) is 31.7. The molecule has 1 fully saturated rings. The van der Waals surface area contributed by atoms with Gasteiger partial charge in [-0.15, -0.1) is 0 Å². The van der Waals surface area contributed by atoms with Crippen LogP contribution >= 0.6 is 23.2 Å². The maximum absolute atomic E-state index is 14.3. The van der Waals surface area contributed by atoms with Crippen molar-refractivity contribution in [2.24, 2.45) is 0 Å². The molecule has 4 rings (SSSR count). The summed E-state index contributed by atoms with van der Waals surface area (Å²) in [6.45, 7) is 3.65. The highest BCUT2D eigenvalue weighted by Crippen LogP contribution is 2.28. The molecule has 0 bridgehead atoms. The number of anilines is 1. The first-order chi connectivity index (χ1) is 21.1. The summed E-state index contributed by atoms with van der Waals surface area (Å²) in [7, 11) is -4.18. The Kier molecular flexibility index (Phi) is 11.9. The Morgan fingerprint density at radius 3 is 2.23 bits per heavy atom. The van der Waals surface area contributed by atoms with E-state index in [0.29, 0.717) is 40.1 Å². The van der Waals surface area contributed by atoms with E-state index in [1.165, 1.54) is 17.0 Å². The highest BCUT2D eigenvalue weighted by atomic mass is 35.5. The predicted molar refractivity (Wildman–Crippen MR) is 175 cm³/mol. The number of benzene rings is 3. The number of hydrogen-bond donors (Lipinski definition) is 1. The Morgan fingerprint density at radius 1 is 0.932 bits per heavy atom. The summed E-state index contributed by atoms with van der Waals surface area (Å²) >= 11 is 12.4. The van der Waals surface area contributed by atoms with Crippen LogP contribution in [0.3, 0.4) is 0 Å². The van der Waals surface area contributed by atoms with Crippen LogP contribution in [0.5, 0.6) is 5.75 Å². The number of amides is 2. The number of sulfonamides is 1. The molecule has 1 N–H and O–H groups in total. The van der Waals surface area contributed by atoms with Crippen LogP contribution in [0.1, 0.15) is 57.9 Å². The van der Waals surface area contributed by atoms with Crippen molar-refractivity contribution in [1.29, 1.82) is 0 Å². The lowest BCUT2D eigenvalue weighted by molar-refractivity contribution is -0.140. The van der Waals surface area contributed by atoms with Gasteiger partial charge < -0.3 is 15.0 Å². The minimum absolute atomic E-state index is 0.00993. The van der Waals surface area contributed by atoms with Gasteiger partial charge in [0, 0.05) is 12.6 Å². The van der Waals surface area contributed by atoms with E-state index in [1.54, 1.807) is 60.7 Å². The minimum Gasteiger partial charge on any atom is -0.494 e. The summed E-state index contributed by atoms with van der Waals surface area (Å²) < 4.78 is 34.6. The third-order valence-electron chi connectivity index (χ3n) is 7.72. The number of ether oxygens (including phenoxy) is 1. The zero-order valence-corrected chi connectivity index (χ0v) is 27.4. The van der Waals surface area contributed by atoms with Gasteiger partial charge in [-0.1, -0.05) is 73.7 Å². The summed E-state index contributed by atoms with van der Waals surface area (Å²) in [5.41, 5.74) is 0.987. The van der Waals surface area contributed by atoms with Crippen LogP contribution in [0.4, 0.5) is 5.69 Å². The number of carbonyl (C=O) groups excluding carboxylic acids is 2. The van der Waals surface area contributed by atoms with E-state index in [0.717, 1.165) is 36.4 Å². The molecule has 3 aromatic rings. The molecule has 0 saturated heterocycles. The Labute approximate surface area is 270 Å². The highest BCUT2D eigenvalue weighted by molar-refractivity contribution is 7.92. The molecule has 0 aliphatic heterocycles. The van der Waals surface area contributed by atoms with E-state index in [2.05, 4.69) is 5.32 Å².